The van der Waals surface area contributed by atoms with Crippen molar-refractivity contribution in [2.75, 3.05) is 38.1 Å². The van der Waals surface area contributed by atoms with Crippen LogP contribution in [0.2, 0.25) is 0 Å². The fourth-order valence-electron chi connectivity index (χ4n) is 3.01. The quantitative estimate of drug-likeness (QED) is 0.839. The molecule has 6 heteroatoms. The van der Waals surface area contributed by atoms with Crippen LogP contribution >= 0.6 is 0 Å². The zero-order valence-corrected chi connectivity index (χ0v) is 12.5. The van der Waals surface area contributed by atoms with Gasteiger partial charge in [0.05, 0.1) is 17.9 Å². The molecular formula is C14H23N5O. The third-order valence-corrected chi connectivity index (χ3v) is 4.42. The van der Waals surface area contributed by atoms with Crippen LogP contribution in [0.15, 0.2) is 12.4 Å². The van der Waals surface area contributed by atoms with E-state index in [2.05, 4.69) is 23.8 Å². The number of aromatic nitrogens is 2. The summed E-state index contributed by atoms with van der Waals surface area (Å²) in [6, 6.07) is 1.09. The van der Waals surface area contributed by atoms with Crippen LogP contribution in [-0.4, -0.2) is 64.9 Å². The Labute approximate surface area is 119 Å². The predicted molar refractivity (Wildman–Crippen MR) is 78.0 cm³/mol. The molecule has 6 nitrogen and oxygen atoms in total. The van der Waals surface area contributed by atoms with Crippen LogP contribution in [0.4, 0.5) is 10.5 Å². The SMILES string of the molecule is CC(C)N1CCC(n2cc(N3CCN(C)C3=O)cn2)C1. The standard InChI is InChI=1S/C14H23N5O/c1-11(2)17-5-4-12(9-17)19-10-13(8-15-19)18-7-6-16(3)14(18)20/h8,10-12H,4-7,9H2,1-3H3. The normalized spacial score (nSPS) is 24.4. The minimum atomic E-state index is 0.0692. The van der Waals surface area contributed by atoms with E-state index in [1.807, 2.05) is 24.1 Å². The van der Waals surface area contributed by atoms with Gasteiger partial charge < -0.3 is 4.90 Å². The maximum atomic E-state index is 12.0. The molecule has 20 heavy (non-hydrogen) atoms. The van der Waals surface area contributed by atoms with Crippen molar-refractivity contribution < 1.29 is 4.79 Å². The average Bonchev–Trinajstić information content (AvgIpc) is 3.10. The number of urea groups is 1. The largest absolute Gasteiger partial charge is 0.326 e. The number of likely N-dealkylation sites (N-methyl/N-ethyl adjacent to an activating group) is 1. The van der Waals surface area contributed by atoms with Crippen molar-refractivity contribution in [2.24, 2.45) is 0 Å². The van der Waals surface area contributed by atoms with Gasteiger partial charge in [0.2, 0.25) is 0 Å². The van der Waals surface area contributed by atoms with Crippen molar-refractivity contribution in [3.8, 4) is 0 Å². The Kier molecular flexibility index (Phi) is 3.41. The Hall–Kier alpha value is -1.56. The number of hydrogen-bond acceptors (Lipinski definition) is 3. The van der Waals surface area contributed by atoms with Gasteiger partial charge in [0.1, 0.15) is 0 Å². The van der Waals surface area contributed by atoms with E-state index in [-0.39, 0.29) is 6.03 Å². The fraction of sp³-hybridized carbons (Fsp3) is 0.714. The molecule has 2 amide bonds. The number of likely N-dealkylation sites (tertiary alicyclic amines) is 1. The Morgan fingerprint density at radius 1 is 1.30 bits per heavy atom. The van der Waals surface area contributed by atoms with Gasteiger partial charge in [-0.15, -0.1) is 0 Å². The summed E-state index contributed by atoms with van der Waals surface area (Å²) in [5.74, 6) is 0. The third-order valence-electron chi connectivity index (χ3n) is 4.42. The van der Waals surface area contributed by atoms with Crippen LogP contribution in [0.3, 0.4) is 0 Å². The van der Waals surface area contributed by atoms with Crippen LogP contribution in [0, 0.1) is 0 Å². The number of anilines is 1. The smallest absolute Gasteiger partial charge is 0.324 e. The van der Waals surface area contributed by atoms with Crippen molar-refractivity contribution in [1.82, 2.24) is 19.6 Å². The number of hydrogen-bond donors (Lipinski definition) is 0. The number of carbonyl (C=O) groups excluding carboxylic acids is 1. The highest BCUT2D eigenvalue weighted by Crippen LogP contribution is 2.26. The summed E-state index contributed by atoms with van der Waals surface area (Å²) in [6.07, 6.45) is 4.97. The molecule has 0 radical (unpaired) electrons. The van der Waals surface area contributed by atoms with Gasteiger partial charge in [0, 0.05) is 45.5 Å². The average molecular weight is 277 g/mol. The maximum absolute atomic E-state index is 12.0. The van der Waals surface area contributed by atoms with Gasteiger partial charge in [-0.25, -0.2) is 4.79 Å². The maximum Gasteiger partial charge on any atom is 0.324 e. The summed E-state index contributed by atoms with van der Waals surface area (Å²) in [5, 5.41) is 4.47. The van der Waals surface area contributed by atoms with E-state index in [0.29, 0.717) is 12.1 Å². The minimum Gasteiger partial charge on any atom is -0.326 e. The van der Waals surface area contributed by atoms with Gasteiger partial charge in [0.25, 0.3) is 0 Å². The first-order valence-electron chi connectivity index (χ1n) is 7.37. The van der Waals surface area contributed by atoms with E-state index >= 15 is 0 Å². The molecule has 0 bridgehead atoms. The summed E-state index contributed by atoms with van der Waals surface area (Å²) in [5.41, 5.74) is 0.919. The number of rotatable bonds is 3. The predicted octanol–water partition coefficient (Wildman–Crippen LogP) is 1.41. The van der Waals surface area contributed by atoms with Crippen molar-refractivity contribution >= 4 is 11.7 Å². The minimum absolute atomic E-state index is 0.0692. The zero-order valence-electron chi connectivity index (χ0n) is 12.5. The lowest BCUT2D eigenvalue weighted by Gasteiger charge is -2.20. The monoisotopic (exact) mass is 277 g/mol. The van der Waals surface area contributed by atoms with Gasteiger partial charge in [-0.05, 0) is 20.3 Å². The van der Waals surface area contributed by atoms with E-state index in [1.54, 1.807) is 9.80 Å². The highest BCUT2D eigenvalue weighted by molar-refractivity contribution is 5.93. The van der Waals surface area contributed by atoms with Gasteiger partial charge in [-0.2, -0.15) is 5.10 Å². The second-order valence-electron chi connectivity index (χ2n) is 6.07. The van der Waals surface area contributed by atoms with Gasteiger partial charge in [0.15, 0.2) is 0 Å². The molecule has 0 aliphatic carbocycles. The molecule has 0 spiro atoms. The first kappa shape index (κ1) is 13.4. The fourth-order valence-corrected chi connectivity index (χ4v) is 3.01. The number of nitrogens with zero attached hydrogens (tertiary/aromatic N) is 5. The van der Waals surface area contributed by atoms with E-state index < -0.39 is 0 Å². The molecule has 110 valence electrons. The molecule has 3 rings (SSSR count). The zero-order chi connectivity index (χ0) is 14.3. The van der Waals surface area contributed by atoms with E-state index in [9.17, 15) is 4.79 Å². The molecule has 2 aliphatic heterocycles. The third kappa shape index (κ3) is 2.28. The number of carbonyl (C=O) groups is 1. The lowest BCUT2D eigenvalue weighted by atomic mass is 10.3. The molecule has 0 aromatic carbocycles. The molecule has 0 saturated carbocycles. The van der Waals surface area contributed by atoms with Crippen molar-refractivity contribution in [1.29, 1.82) is 0 Å². The van der Waals surface area contributed by atoms with Crippen molar-refractivity contribution in [2.45, 2.75) is 32.4 Å². The second-order valence-corrected chi connectivity index (χ2v) is 6.07. The Morgan fingerprint density at radius 3 is 2.70 bits per heavy atom. The van der Waals surface area contributed by atoms with E-state index in [1.165, 1.54) is 0 Å². The lowest BCUT2D eigenvalue weighted by molar-refractivity contribution is 0.229. The van der Waals surface area contributed by atoms with Crippen LogP contribution in [0.25, 0.3) is 0 Å². The van der Waals surface area contributed by atoms with Crippen molar-refractivity contribution in [3.05, 3.63) is 12.4 Å². The first-order chi connectivity index (χ1) is 9.56. The summed E-state index contributed by atoms with van der Waals surface area (Å²) >= 11 is 0. The molecule has 1 aromatic heterocycles. The molecular weight excluding hydrogens is 254 g/mol. The Morgan fingerprint density at radius 2 is 2.10 bits per heavy atom. The molecule has 3 heterocycles. The molecule has 1 aromatic rings. The summed E-state index contributed by atoms with van der Waals surface area (Å²) in [7, 11) is 1.84. The summed E-state index contributed by atoms with van der Waals surface area (Å²) in [4.78, 5) is 18.0. The molecule has 2 aliphatic rings. The van der Waals surface area contributed by atoms with Crippen LogP contribution in [0.5, 0.6) is 0 Å². The van der Waals surface area contributed by atoms with Gasteiger partial charge in [-0.3, -0.25) is 14.5 Å². The van der Waals surface area contributed by atoms with Crippen LogP contribution in [0.1, 0.15) is 26.3 Å². The van der Waals surface area contributed by atoms with E-state index in [4.69, 9.17) is 0 Å². The molecule has 2 saturated heterocycles. The molecule has 1 atom stereocenters. The number of amides is 2. The molecule has 0 N–H and O–H groups in total. The first-order valence-corrected chi connectivity index (χ1v) is 7.37. The van der Waals surface area contributed by atoms with E-state index in [0.717, 1.165) is 38.3 Å². The topological polar surface area (TPSA) is 44.6 Å². The summed E-state index contributed by atoms with van der Waals surface area (Å²) in [6.45, 7) is 8.18. The highest BCUT2D eigenvalue weighted by Gasteiger charge is 2.30. The van der Waals surface area contributed by atoms with Crippen LogP contribution < -0.4 is 4.90 Å². The summed E-state index contributed by atoms with van der Waals surface area (Å²) < 4.78 is 2.03. The Bertz CT molecular complexity index is 498. The Balaban J connectivity index is 1.70. The molecule has 1 unspecified atom stereocenters. The lowest BCUT2D eigenvalue weighted by Crippen LogP contribution is -2.29. The van der Waals surface area contributed by atoms with Crippen molar-refractivity contribution in [3.63, 3.8) is 0 Å². The second kappa shape index (κ2) is 5.09. The highest BCUT2D eigenvalue weighted by atomic mass is 16.2. The van der Waals surface area contributed by atoms with Crippen LogP contribution in [-0.2, 0) is 0 Å². The molecule has 2 fully saturated rings. The van der Waals surface area contributed by atoms with Gasteiger partial charge >= 0.3 is 6.03 Å². The van der Waals surface area contributed by atoms with Gasteiger partial charge in [-0.1, -0.05) is 0 Å².